The highest BCUT2D eigenvalue weighted by atomic mass is 19.1. The van der Waals surface area contributed by atoms with E-state index >= 15 is 4.39 Å². The molecule has 0 N–H and O–H groups in total. The van der Waals surface area contributed by atoms with Crippen molar-refractivity contribution in [3.8, 4) is 34.2 Å². The fourth-order valence-corrected chi connectivity index (χ4v) is 7.08. The Bertz CT molecular complexity index is 2280. The van der Waals surface area contributed by atoms with Crippen molar-refractivity contribution in [1.29, 1.82) is 0 Å². The molecule has 1 atom stereocenters. The first-order valence-electron chi connectivity index (χ1n) is 18.5. The highest BCUT2D eigenvalue weighted by Crippen LogP contribution is 2.47. The number of benzene rings is 2. The molecule has 12 heteroatoms. The number of piperazine rings is 1. The molecule has 2 aromatic carbocycles. The number of methoxy groups -OCH3 is 1. The van der Waals surface area contributed by atoms with Gasteiger partial charge in [0.05, 0.1) is 29.6 Å². The van der Waals surface area contributed by atoms with Crippen molar-refractivity contribution >= 4 is 22.9 Å². The summed E-state index contributed by atoms with van der Waals surface area (Å²) >= 11 is 0. The fraction of sp³-hybridized carbons (Fsp3) is 0.405. The number of amides is 1. The number of anilines is 1. The number of pyridine rings is 2. The van der Waals surface area contributed by atoms with Gasteiger partial charge in [-0.1, -0.05) is 19.9 Å². The predicted octanol–water partition coefficient (Wildman–Crippen LogP) is 8.54. The number of carbonyl (C=O) groups excluding carboxylic acids is 1. The minimum atomic E-state index is -0.623. The molecule has 1 aliphatic carbocycles. The maximum Gasteiger partial charge on any atom is 0.410 e. The third-order valence-corrected chi connectivity index (χ3v) is 9.88. The van der Waals surface area contributed by atoms with E-state index in [4.69, 9.17) is 29.2 Å². The number of hydrogen-bond acceptors (Lipinski definition) is 9. The number of aryl methyl sites for hydroxylation is 1. The Balaban J connectivity index is 1.41. The van der Waals surface area contributed by atoms with Crippen LogP contribution in [0.25, 0.3) is 28.0 Å². The minimum absolute atomic E-state index is 0.0167. The molecule has 4 heterocycles. The topological polar surface area (TPSA) is 112 Å². The Morgan fingerprint density at radius 3 is 2.37 bits per heavy atom. The van der Waals surface area contributed by atoms with Gasteiger partial charge in [0.25, 0.3) is 0 Å². The second-order valence-electron chi connectivity index (χ2n) is 15.5. The van der Waals surface area contributed by atoms with Crippen LogP contribution in [0.4, 0.5) is 15.0 Å². The first-order chi connectivity index (χ1) is 25.7. The lowest BCUT2D eigenvalue weighted by Gasteiger charge is -2.41. The highest BCUT2D eigenvalue weighted by Gasteiger charge is 2.35. The number of ether oxygens (including phenoxy) is 3. The molecular formula is C42H47FN6O5. The molecule has 5 aromatic rings. The van der Waals surface area contributed by atoms with E-state index in [9.17, 15) is 9.59 Å². The maximum atomic E-state index is 16.7. The van der Waals surface area contributed by atoms with E-state index in [0.717, 1.165) is 29.7 Å². The first-order valence-corrected chi connectivity index (χ1v) is 18.5. The number of fused-ring (bicyclic) bond motifs is 1. The van der Waals surface area contributed by atoms with Crippen molar-refractivity contribution in [3.63, 3.8) is 0 Å². The summed E-state index contributed by atoms with van der Waals surface area (Å²) in [6, 6.07) is 15.7. The average Bonchev–Trinajstić information content (AvgIpc) is 3.97. The fourth-order valence-electron chi connectivity index (χ4n) is 7.08. The van der Waals surface area contributed by atoms with E-state index in [0.29, 0.717) is 59.4 Å². The molecule has 2 fully saturated rings. The highest BCUT2D eigenvalue weighted by molar-refractivity contribution is 5.92. The zero-order chi connectivity index (χ0) is 38.5. The molecule has 282 valence electrons. The van der Waals surface area contributed by atoms with Gasteiger partial charge in [0.2, 0.25) is 0 Å². The lowest BCUT2D eigenvalue weighted by Crippen LogP contribution is -2.55. The summed E-state index contributed by atoms with van der Waals surface area (Å²) in [5.74, 6) is 1.23. The molecule has 0 radical (unpaired) electrons. The van der Waals surface area contributed by atoms with Crippen LogP contribution in [-0.4, -0.2) is 68.9 Å². The van der Waals surface area contributed by atoms with E-state index in [1.807, 2.05) is 60.6 Å². The number of carbonyl (C=O) groups is 1. The molecule has 11 nitrogen and oxygen atoms in total. The summed E-state index contributed by atoms with van der Waals surface area (Å²) in [6.45, 7) is 14.7. The van der Waals surface area contributed by atoms with Crippen molar-refractivity contribution in [2.24, 2.45) is 0 Å². The van der Waals surface area contributed by atoms with Crippen LogP contribution in [0.15, 0.2) is 65.6 Å². The van der Waals surface area contributed by atoms with E-state index in [-0.39, 0.29) is 35.3 Å². The number of hydrogen-bond donors (Lipinski definition) is 0. The van der Waals surface area contributed by atoms with Crippen LogP contribution < -0.4 is 20.1 Å². The van der Waals surface area contributed by atoms with E-state index in [2.05, 4.69) is 4.90 Å². The Kier molecular flexibility index (Phi) is 9.80. The quantitative estimate of drug-likeness (QED) is 0.155. The molecule has 0 spiro atoms. The van der Waals surface area contributed by atoms with Crippen LogP contribution in [0.1, 0.15) is 83.0 Å². The zero-order valence-corrected chi connectivity index (χ0v) is 32.1. The van der Waals surface area contributed by atoms with Gasteiger partial charge >= 0.3 is 11.8 Å². The third-order valence-electron chi connectivity index (χ3n) is 9.88. The molecular weight excluding hydrogens is 687 g/mol. The Morgan fingerprint density at radius 1 is 1.00 bits per heavy atom. The predicted molar refractivity (Wildman–Crippen MR) is 207 cm³/mol. The Morgan fingerprint density at radius 2 is 1.72 bits per heavy atom. The Hall–Kier alpha value is -5.52. The van der Waals surface area contributed by atoms with Gasteiger partial charge < -0.3 is 24.0 Å². The van der Waals surface area contributed by atoms with Gasteiger partial charge in [0.1, 0.15) is 22.9 Å². The summed E-state index contributed by atoms with van der Waals surface area (Å²) < 4.78 is 35.2. The van der Waals surface area contributed by atoms with Crippen LogP contribution >= 0.6 is 0 Å². The summed E-state index contributed by atoms with van der Waals surface area (Å²) in [4.78, 5) is 46.0. The van der Waals surface area contributed by atoms with Crippen LogP contribution in [0, 0.1) is 12.7 Å². The summed E-state index contributed by atoms with van der Waals surface area (Å²) in [7, 11) is 1.58. The number of rotatable bonds is 8. The molecule has 3 aromatic heterocycles. The van der Waals surface area contributed by atoms with E-state index in [1.54, 1.807) is 60.7 Å². The molecule has 0 unspecified atom stereocenters. The van der Waals surface area contributed by atoms with Gasteiger partial charge in [-0.2, -0.15) is 4.98 Å². The molecule has 7 rings (SSSR count). The smallest absolute Gasteiger partial charge is 0.410 e. The van der Waals surface area contributed by atoms with Crippen molar-refractivity contribution in [2.45, 2.75) is 84.8 Å². The van der Waals surface area contributed by atoms with E-state index < -0.39 is 17.1 Å². The zero-order valence-electron chi connectivity index (χ0n) is 32.1. The van der Waals surface area contributed by atoms with Gasteiger partial charge in [-0.3, -0.25) is 4.98 Å². The average molecular weight is 735 g/mol. The van der Waals surface area contributed by atoms with Gasteiger partial charge in [-0.25, -0.2) is 23.5 Å². The van der Waals surface area contributed by atoms with Crippen LogP contribution in [0.3, 0.4) is 0 Å². The normalized spacial score (nSPS) is 16.2. The van der Waals surface area contributed by atoms with Gasteiger partial charge in [0.15, 0.2) is 17.2 Å². The first kappa shape index (κ1) is 36.8. The van der Waals surface area contributed by atoms with E-state index in [1.165, 1.54) is 4.57 Å². The van der Waals surface area contributed by atoms with Crippen molar-refractivity contribution in [1.82, 2.24) is 24.4 Å². The molecule has 0 bridgehead atoms. The second kappa shape index (κ2) is 14.4. The monoisotopic (exact) mass is 734 g/mol. The molecule has 2 aliphatic rings. The molecule has 1 saturated carbocycles. The minimum Gasteiger partial charge on any atom is -0.497 e. The molecule has 1 aliphatic heterocycles. The van der Waals surface area contributed by atoms with Gasteiger partial charge in [0, 0.05) is 37.4 Å². The SMILES string of the molecule is COc1ccc(Oc2cccc(-c3nc4c(cc3C3CC3)c(N3CCN(C(=O)OC(C)(C)C)C[C@@H]3C)nc(=O)n4-c3c(C)ccnc3C(C)C)c2F)cc1. The largest absolute Gasteiger partial charge is 0.497 e. The molecule has 1 amide bonds. The van der Waals surface area contributed by atoms with Crippen LogP contribution in [0.5, 0.6) is 17.2 Å². The van der Waals surface area contributed by atoms with Crippen LogP contribution in [-0.2, 0) is 4.74 Å². The number of nitrogens with zero attached hydrogens (tertiary/aromatic N) is 6. The lowest BCUT2D eigenvalue weighted by atomic mass is 9.99. The van der Waals surface area contributed by atoms with Crippen molar-refractivity contribution < 1.29 is 23.4 Å². The molecule has 54 heavy (non-hydrogen) atoms. The van der Waals surface area contributed by atoms with Crippen molar-refractivity contribution in [2.75, 3.05) is 31.6 Å². The van der Waals surface area contributed by atoms with Gasteiger partial charge in [-0.15, -0.1) is 0 Å². The molecule has 1 saturated heterocycles. The maximum absolute atomic E-state index is 16.7. The number of aromatic nitrogens is 4. The number of halogens is 1. The van der Waals surface area contributed by atoms with Gasteiger partial charge in [-0.05, 0) is 119 Å². The van der Waals surface area contributed by atoms with Crippen molar-refractivity contribution in [3.05, 3.63) is 93.9 Å². The summed E-state index contributed by atoms with van der Waals surface area (Å²) in [5, 5.41) is 0.668. The second-order valence-corrected chi connectivity index (χ2v) is 15.5. The Labute approximate surface area is 314 Å². The standard InChI is InChI=1S/C42H47FN6O5/c1-24(2)35-37(25(3)18-19-44-35)49-39-32(38(46-40(49)50)48-21-20-47(23-26(48)4)41(51)54-42(5,6)7)22-31(27-12-13-27)36(45-39)30-10-9-11-33(34(30)43)53-29-16-14-28(52-8)15-17-29/h9-11,14-19,22,24,26-27H,12-13,20-21,23H2,1-8H3/t26-/m0/s1. The lowest BCUT2D eigenvalue weighted by molar-refractivity contribution is 0.0218. The summed E-state index contributed by atoms with van der Waals surface area (Å²) in [6.07, 6.45) is 3.22. The van der Waals surface area contributed by atoms with Crippen LogP contribution in [0.2, 0.25) is 0 Å². The summed E-state index contributed by atoms with van der Waals surface area (Å²) in [5.41, 5.74) is 2.98. The third kappa shape index (κ3) is 7.21.